The number of hydrogen-bond acceptors (Lipinski definition) is 7. The van der Waals surface area contributed by atoms with Crippen molar-refractivity contribution in [3.05, 3.63) is 59.4 Å². The average Bonchev–Trinajstić information content (AvgIpc) is 3.24. The highest BCUT2D eigenvalue weighted by Gasteiger charge is 2.26. The molecule has 0 atom stereocenters. The van der Waals surface area contributed by atoms with Crippen LogP contribution in [0, 0.1) is 5.82 Å². The van der Waals surface area contributed by atoms with Crippen molar-refractivity contribution in [1.29, 1.82) is 0 Å². The number of para-hydroxylation sites is 1. The van der Waals surface area contributed by atoms with E-state index in [0.29, 0.717) is 36.1 Å². The second-order valence-electron chi connectivity index (χ2n) is 7.03. The fraction of sp³-hybridized carbons (Fsp3) is 0.318. The number of ether oxygens (including phenoxy) is 2. The molecule has 1 amide bonds. The molecule has 0 unspecified atom stereocenters. The van der Waals surface area contributed by atoms with Crippen molar-refractivity contribution in [2.75, 3.05) is 51.4 Å². The van der Waals surface area contributed by atoms with Crippen molar-refractivity contribution in [3.63, 3.8) is 0 Å². The lowest BCUT2D eigenvalue weighted by molar-refractivity contribution is 0.0390. The van der Waals surface area contributed by atoms with Gasteiger partial charge < -0.3 is 9.47 Å². The number of halogens is 1. The Morgan fingerprint density at radius 2 is 1.90 bits per heavy atom. The predicted molar refractivity (Wildman–Crippen MR) is 116 cm³/mol. The Hall–Kier alpha value is -2.88. The average molecular weight is 444 g/mol. The van der Waals surface area contributed by atoms with Crippen LogP contribution in [0.2, 0.25) is 0 Å². The van der Waals surface area contributed by atoms with Gasteiger partial charge in [0.1, 0.15) is 11.3 Å². The number of esters is 1. The molecule has 1 aliphatic heterocycles. The minimum absolute atomic E-state index is 0.179. The molecule has 7 nitrogen and oxygen atoms in total. The van der Waals surface area contributed by atoms with E-state index in [0.717, 1.165) is 13.1 Å². The van der Waals surface area contributed by atoms with E-state index in [-0.39, 0.29) is 22.6 Å². The molecular formula is C22H22FN3O4S. The molecule has 2 heterocycles. The first-order chi connectivity index (χ1) is 15.1. The van der Waals surface area contributed by atoms with Crippen LogP contribution in [0.25, 0.3) is 10.2 Å². The zero-order chi connectivity index (χ0) is 21.8. The first-order valence-corrected chi connectivity index (χ1v) is 10.7. The largest absolute Gasteiger partial charge is 0.465 e. The summed E-state index contributed by atoms with van der Waals surface area (Å²) in [6, 6.07) is 11.2. The molecule has 1 saturated heterocycles. The monoisotopic (exact) mass is 443 g/mol. The minimum Gasteiger partial charge on any atom is -0.465 e. The molecule has 162 valence electrons. The first kappa shape index (κ1) is 21.4. The van der Waals surface area contributed by atoms with E-state index in [1.54, 1.807) is 36.4 Å². The third-order valence-electron chi connectivity index (χ3n) is 5.14. The highest BCUT2D eigenvalue weighted by atomic mass is 32.1. The van der Waals surface area contributed by atoms with Crippen molar-refractivity contribution >= 4 is 38.6 Å². The lowest BCUT2D eigenvalue weighted by Crippen LogP contribution is -2.43. The molecule has 0 saturated carbocycles. The SMILES string of the molecule is COC(=O)c1ccccc1C(=O)N(CCN1CCOCC1)c1nc2c(F)cccc2s1. The number of fused-ring (bicyclic) bond motifs is 1. The highest BCUT2D eigenvalue weighted by Crippen LogP contribution is 2.31. The summed E-state index contributed by atoms with van der Waals surface area (Å²) in [6.07, 6.45) is 0. The first-order valence-electron chi connectivity index (χ1n) is 9.93. The van der Waals surface area contributed by atoms with Gasteiger partial charge in [0.25, 0.3) is 5.91 Å². The summed E-state index contributed by atoms with van der Waals surface area (Å²) in [5.74, 6) is -1.41. The van der Waals surface area contributed by atoms with E-state index in [1.807, 2.05) is 0 Å². The molecule has 1 fully saturated rings. The third kappa shape index (κ3) is 4.58. The number of nitrogens with zero attached hydrogens (tertiary/aromatic N) is 3. The molecule has 2 aromatic carbocycles. The van der Waals surface area contributed by atoms with Crippen molar-refractivity contribution in [1.82, 2.24) is 9.88 Å². The van der Waals surface area contributed by atoms with Crippen LogP contribution in [0.3, 0.4) is 0 Å². The van der Waals surface area contributed by atoms with Crippen LogP contribution in [-0.4, -0.2) is 68.3 Å². The van der Waals surface area contributed by atoms with E-state index in [9.17, 15) is 14.0 Å². The molecule has 0 bridgehead atoms. The van der Waals surface area contributed by atoms with Crippen molar-refractivity contribution in [2.24, 2.45) is 0 Å². The molecule has 9 heteroatoms. The highest BCUT2D eigenvalue weighted by molar-refractivity contribution is 7.22. The Kier molecular flexibility index (Phi) is 6.55. The van der Waals surface area contributed by atoms with E-state index in [2.05, 4.69) is 9.88 Å². The third-order valence-corrected chi connectivity index (χ3v) is 6.18. The number of hydrogen-bond donors (Lipinski definition) is 0. The van der Waals surface area contributed by atoms with Crippen molar-refractivity contribution < 1.29 is 23.5 Å². The minimum atomic E-state index is -0.590. The van der Waals surface area contributed by atoms with Crippen molar-refractivity contribution in [3.8, 4) is 0 Å². The number of carbonyl (C=O) groups is 2. The Labute approximate surface area is 183 Å². The van der Waals surface area contributed by atoms with Crippen molar-refractivity contribution in [2.45, 2.75) is 0 Å². The number of rotatable bonds is 6. The summed E-state index contributed by atoms with van der Waals surface area (Å²) in [5.41, 5.74) is 0.627. The van der Waals surface area contributed by atoms with E-state index >= 15 is 0 Å². The van der Waals surface area contributed by atoms with E-state index in [1.165, 1.54) is 29.4 Å². The summed E-state index contributed by atoms with van der Waals surface area (Å²) in [6.45, 7) is 3.78. The number of thiazole rings is 1. The van der Waals surface area contributed by atoms with Gasteiger partial charge in [0.2, 0.25) is 0 Å². The van der Waals surface area contributed by atoms with Gasteiger partial charge in [0.05, 0.1) is 36.2 Å². The van der Waals surface area contributed by atoms with Gasteiger partial charge in [-0.25, -0.2) is 14.2 Å². The Morgan fingerprint density at radius 3 is 2.61 bits per heavy atom. The molecule has 0 spiro atoms. The number of carbonyl (C=O) groups excluding carboxylic acids is 2. The van der Waals surface area contributed by atoms with Crippen LogP contribution in [0.4, 0.5) is 9.52 Å². The molecule has 0 aliphatic carbocycles. The zero-order valence-electron chi connectivity index (χ0n) is 17.0. The number of aromatic nitrogens is 1. The number of anilines is 1. The number of methoxy groups -OCH3 is 1. The standard InChI is InChI=1S/C22H22FN3O4S/c1-29-21(28)16-6-3-2-5-15(16)20(27)26(10-9-25-11-13-30-14-12-25)22-24-19-17(23)7-4-8-18(19)31-22/h2-8H,9-14H2,1H3. The zero-order valence-corrected chi connectivity index (χ0v) is 17.9. The molecule has 4 rings (SSSR count). The molecule has 0 N–H and O–H groups in total. The molecule has 3 aromatic rings. The lowest BCUT2D eigenvalue weighted by Gasteiger charge is -2.29. The molecule has 1 aromatic heterocycles. The second kappa shape index (κ2) is 9.51. The van der Waals surface area contributed by atoms with Gasteiger partial charge in [-0.1, -0.05) is 29.5 Å². The Morgan fingerprint density at radius 1 is 1.16 bits per heavy atom. The summed E-state index contributed by atoms with van der Waals surface area (Å²) in [7, 11) is 1.27. The summed E-state index contributed by atoms with van der Waals surface area (Å²) in [4.78, 5) is 33.9. The molecule has 31 heavy (non-hydrogen) atoms. The van der Waals surface area contributed by atoms with Crippen LogP contribution in [0.5, 0.6) is 0 Å². The fourth-order valence-corrected chi connectivity index (χ4v) is 4.48. The summed E-state index contributed by atoms with van der Waals surface area (Å²) < 4.78 is 25.1. The maximum Gasteiger partial charge on any atom is 0.338 e. The van der Waals surface area contributed by atoms with Crippen LogP contribution < -0.4 is 4.90 Å². The fourth-order valence-electron chi connectivity index (χ4n) is 3.47. The number of amides is 1. The van der Waals surface area contributed by atoms with Gasteiger partial charge in [-0.05, 0) is 24.3 Å². The molecule has 1 aliphatic rings. The lowest BCUT2D eigenvalue weighted by atomic mass is 10.1. The van der Waals surface area contributed by atoms with E-state index in [4.69, 9.17) is 9.47 Å². The Bertz CT molecular complexity index is 1100. The number of morpholine rings is 1. The topological polar surface area (TPSA) is 72.0 Å². The smallest absolute Gasteiger partial charge is 0.338 e. The van der Waals surface area contributed by atoms with Gasteiger partial charge in [0, 0.05) is 26.2 Å². The summed E-state index contributed by atoms with van der Waals surface area (Å²) in [5, 5.41) is 0.387. The normalized spacial score (nSPS) is 14.5. The van der Waals surface area contributed by atoms with Crippen LogP contribution in [-0.2, 0) is 9.47 Å². The number of benzene rings is 2. The molecule has 0 radical (unpaired) electrons. The van der Waals surface area contributed by atoms with Gasteiger partial charge in [-0.15, -0.1) is 0 Å². The van der Waals surface area contributed by atoms with Crippen LogP contribution >= 0.6 is 11.3 Å². The quantitative estimate of drug-likeness (QED) is 0.545. The van der Waals surface area contributed by atoms with Gasteiger partial charge >= 0.3 is 5.97 Å². The summed E-state index contributed by atoms with van der Waals surface area (Å²) >= 11 is 1.24. The maximum absolute atomic E-state index is 14.2. The predicted octanol–water partition coefficient (Wildman–Crippen LogP) is 3.20. The van der Waals surface area contributed by atoms with Crippen LogP contribution in [0.15, 0.2) is 42.5 Å². The Balaban J connectivity index is 1.70. The van der Waals surface area contributed by atoms with E-state index < -0.39 is 11.8 Å². The van der Waals surface area contributed by atoms with Gasteiger partial charge in [-0.3, -0.25) is 14.6 Å². The van der Waals surface area contributed by atoms with Crippen LogP contribution in [0.1, 0.15) is 20.7 Å². The second-order valence-corrected chi connectivity index (χ2v) is 8.04. The van der Waals surface area contributed by atoms with Gasteiger partial charge in [0.15, 0.2) is 5.13 Å². The molecular weight excluding hydrogens is 421 g/mol. The van der Waals surface area contributed by atoms with Gasteiger partial charge in [-0.2, -0.15) is 0 Å². The maximum atomic E-state index is 14.2.